The molecule has 1 unspecified atom stereocenters. The first-order chi connectivity index (χ1) is 8.97. The maximum Gasteiger partial charge on any atom is 0.354 e. The Balaban J connectivity index is 2.19. The minimum atomic E-state index is -0.788. The number of esters is 1. The molecule has 0 saturated heterocycles. The van der Waals surface area contributed by atoms with E-state index >= 15 is 0 Å². The third-order valence-electron chi connectivity index (χ3n) is 2.38. The summed E-state index contributed by atoms with van der Waals surface area (Å²) in [5.41, 5.74) is 1.23. The molecule has 1 aromatic carbocycles. The number of anilines is 1. The van der Waals surface area contributed by atoms with Crippen LogP contribution in [0.25, 0.3) is 0 Å². The van der Waals surface area contributed by atoms with Crippen LogP contribution in [0, 0.1) is 0 Å². The predicted octanol–water partition coefficient (Wildman–Crippen LogP) is 3.62. The Kier molecular flexibility index (Phi) is 4.50. The van der Waals surface area contributed by atoms with Crippen molar-refractivity contribution < 1.29 is 14.3 Å². The maximum atomic E-state index is 11.5. The lowest BCUT2D eigenvalue weighted by Crippen LogP contribution is -2.23. The minimum absolute atomic E-state index is 0.0218. The lowest BCUT2D eigenvalue weighted by atomic mass is 10.3. The van der Waals surface area contributed by atoms with Crippen molar-refractivity contribution in [2.24, 2.45) is 0 Å². The third kappa shape index (κ3) is 3.49. The van der Waals surface area contributed by atoms with Crippen molar-refractivity contribution in [3.8, 4) is 0 Å². The molecule has 1 aromatic rings. The standard InChI is InChI=1S/C13H13BrClNO3/c1-7(2)18-13-11(10(15)12(17)19-13)16-9-5-3-8(14)4-6-9/h3-7,13,16H,1-2H3. The van der Waals surface area contributed by atoms with Gasteiger partial charge in [0.1, 0.15) is 5.70 Å². The quantitative estimate of drug-likeness (QED) is 0.846. The van der Waals surface area contributed by atoms with Gasteiger partial charge in [-0.3, -0.25) is 0 Å². The molecule has 0 aliphatic carbocycles. The van der Waals surface area contributed by atoms with Gasteiger partial charge >= 0.3 is 5.97 Å². The van der Waals surface area contributed by atoms with Crippen LogP contribution >= 0.6 is 27.5 Å². The van der Waals surface area contributed by atoms with E-state index < -0.39 is 12.3 Å². The van der Waals surface area contributed by atoms with Gasteiger partial charge in [-0.2, -0.15) is 0 Å². The molecular weight excluding hydrogens is 334 g/mol. The molecule has 0 amide bonds. The number of cyclic esters (lactones) is 1. The van der Waals surface area contributed by atoms with E-state index in [0.717, 1.165) is 10.2 Å². The first kappa shape index (κ1) is 14.4. The molecule has 0 saturated carbocycles. The Bertz CT molecular complexity index is 513. The second-order valence-electron chi connectivity index (χ2n) is 4.28. The zero-order valence-electron chi connectivity index (χ0n) is 10.4. The molecule has 0 spiro atoms. The smallest absolute Gasteiger partial charge is 0.354 e. The number of hydrogen-bond donors (Lipinski definition) is 1. The normalized spacial score (nSPS) is 19.0. The molecule has 4 nitrogen and oxygen atoms in total. The molecule has 0 fully saturated rings. The molecule has 0 aromatic heterocycles. The minimum Gasteiger partial charge on any atom is -0.425 e. The van der Waals surface area contributed by atoms with Crippen LogP contribution in [0.1, 0.15) is 13.8 Å². The van der Waals surface area contributed by atoms with Gasteiger partial charge in [-0.15, -0.1) is 0 Å². The molecule has 0 radical (unpaired) electrons. The Morgan fingerprint density at radius 1 is 1.37 bits per heavy atom. The third-order valence-corrected chi connectivity index (χ3v) is 3.27. The van der Waals surface area contributed by atoms with Crippen molar-refractivity contribution in [3.63, 3.8) is 0 Å². The Hall–Kier alpha value is -1.04. The largest absolute Gasteiger partial charge is 0.425 e. The second-order valence-corrected chi connectivity index (χ2v) is 5.58. The van der Waals surface area contributed by atoms with Crippen LogP contribution < -0.4 is 5.32 Å². The van der Waals surface area contributed by atoms with E-state index in [2.05, 4.69) is 21.2 Å². The van der Waals surface area contributed by atoms with Gasteiger partial charge in [-0.05, 0) is 38.1 Å². The van der Waals surface area contributed by atoms with Crippen molar-refractivity contribution >= 4 is 39.2 Å². The Labute approximate surface area is 124 Å². The predicted molar refractivity (Wildman–Crippen MR) is 76.7 cm³/mol. The fourth-order valence-electron chi connectivity index (χ4n) is 1.57. The van der Waals surface area contributed by atoms with E-state index in [0.29, 0.717) is 5.70 Å². The molecule has 1 N–H and O–H groups in total. The van der Waals surface area contributed by atoms with Crippen LogP contribution in [0.4, 0.5) is 5.69 Å². The molecule has 1 atom stereocenters. The highest BCUT2D eigenvalue weighted by atomic mass is 79.9. The molecular formula is C13H13BrClNO3. The highest BCUT2D eigenvalue weighted by Crippen LogP contribution is 2.29. The number of carbonyl (C=O) groups is 1. The number of carbonyl (C=O) groups excluding carboxylic acids is 1. The summed E-state index contributed by atoms with van der Waals surface area (Å²) < 4.78 is 11.5. The molecule has 6 heteroatoms. The van der Waals surface area contributed by atoms with E-state index in [-0.39, 0.29) is 11.1 Å². The van der Waals surface area contributed by atoms with Crippen LogP contribution in [-0.2, 0) is 14.3 Å². The van der Waals surface area contributed by atoms with E-state index in [1.807, 2.05) is 38.1 Å². The molecule has 1 aliphatic rings. The molecule has 0 bridgehead atoms. The summed E-state index contributed by atoms with van der Waals surface area (Å²) in [6.07, 6.45) is -0.870. The maximum absolute atomic E-state index is 11.5. The number of halogens is 2. The molecule has 2 rings (SSSR count). The van der Waals surface area contributed by atoms with E-state index in [1.54, 1.807) is 0 Å². The topological polar surface area (TPSA) is 47.6 Å². The van der Waals surface area contributed by atoms with Gasteiger partial charge in [0.2, 0.25) is 6.29 Å². The van der Waals surface area contributed by atoms with Gasteiger partial charge in [0, 0.05) is 10.2 Å². The second kappa shape index (κ2) is 5.94. The number of rotatable bonds is 4. The molecule has 1 heterocycles. The van der Waals surface area contributed by atoms with Crippen LogP contribution in [0.5, 0.6) is 0 Å². The van der Waals surface area contributed by atoms with Gasteiger partial charge in [-0.1, -0.05) is 27.5 Å². The van der Waals surface area contributed by atoms with E-state index in [9.17, 15) is 4.79 Å². The van der Waals surface area contributed by atoms with Gasteiger partial charge in [0.05, 0.1) is 6.10 Å². The first-order valence-electron chi connectivity index (χ1n) is 5.76. The summed E-state index contributed by atoms with van der Waals surface area (Å²) >= 11 is 9.30. The van der Waals surface area contributed by atoms with Crippen LogP contribution in [0.2, 0.25) is 0 Å². The summed E-state index contributed by atoms with van der Waals surface area (Å²) in [5.74, 6) is -0.577. The zero-order valence-corrected chi connectivity index (χ0v) is 12.8. The fraction of sp³-hybridized carbons (Fsp3) is 0.308. The number of hydrogen-bond acceptors (Lipinski definition) is 4. The van der Waals surface area contributed by atoms with Gasteiger partial charge < -0.3 is 14.8 Å². The number of benzene rings is 1. The van der Waals surface area contributed by atoms with E-state index in [1.165, 1.54) is 0 Å². The van der Waals surface area contributed by atoms with Crippen molar-refractivity contribution in [3.05, 3.63) is 39.5 Å². The summed E-state index contributed by atoms with van der Waals surface area (Å²) in [7, 11) is 0. The SMILES string of the molecule is CC(C)OC1OC(=O)C(Cl)=C1Nc1ccc(Br)cc1. The summed E-state index contributed by atoms with van der Waals surface area (Å²) in [6, 6.07) is 7.48. The van der Waals surface area contributed by atoms with E-state index in [4.69, 9.17) is 21.1 Å². The van der Waals surface area contributed by atoms with Crippen molar-refractivity contribution in [2.45, 2.75) is 26.2 Å². The van der Waals surface area contributed by atoms with Crippen molar-refractivity contribution in [2.75, 3.05) is 5.32 Å². The lowest BCUT2D eigenvalue weighted by Gasteiger charge is -2.18. The van der Waals surface area contributed by atoms with Crippen molar-refractivity contribution in [1.82, 2.24) is 0 Å². The number of ether oxygens (including phenoxy) is 2. The van der Waals surface area contributed by atoms with Crippen LogP contribution in [0.15, 0.2) is 39.5 Å². The average Bonchev–Trinajstić information content (AvgIpc) is 2.59. The first-order valence-corrected chi connectivity index (χ1v) is 6.93. The highest BCUT2D eigenvalue weighted by molar-refractivity contribution is 9.10. The fourth-order valence-corrected chi connectivity index (χ4v) is 2.01. The summed E-state index contributed by atoms with van der Waals surface area (Å²) in [5, 5.41) is 3.08. The lowest BCUT2D eigenvalue weighted by molar-refractivity contribution is -0.165. The Morgan fingerprint density at radius 3 is 2.58 bits per heavy atom. The number of nitrogens with one attached hydrogen (secondary N) is 1. The van der Waals surface area contributed by atoms with Crippen LogP contribution in [0.3, 0.4) is 0 Å². The summed E-state index contributed by atoms with van der Waals surface area (Å²) in [4.78, 5) is 11.5. The van der Waals surface area contributed by atoms with Gasteiger partial charge in [-0.25, -0.2) is 4.79 Å². The van der Waals surface area contributed by atoms with Crippen LogP contribution in [-0.4, -0.2) is 18.4 Å². The van der Waals surface area contributed by atoms with Gasteiger partial charge in [0.25, 0.3) is 0 Å². The zero-order chi connectivity index (χ0) is 14.0. The summed E-state index contributed by atoms with van der Waals surface area (Å²) in [6.45, 7) is 3.72. The van der Waals surface area contributed by atoms with Crippen molar-refractivity contribution in [1.29, 1.82) is 0 Å². The average molecular weight is 347 g/mol. The van der Waals surface area contributed by atoms with Gasteiger partial charge in [0.15, 0.2) is 5.03 Å². The molecule has 102 valence electrons. The Morgan fingerprint density at radius 2 is 2.00 bits per heavy atom. The monoisotopic (exact) mass is 345 g/mol. The molecule has 19 heavy (non-hydrogen) atoms. The highest BCUT2D eigenvalue weighted by Gasteiger charge is 2.34. The molecule has 1 aliphatic heterocycles.